The second-order valence-electron chi connectivity index (χ2n) is 7.42. The monoisotopic (exact) mass is 415 g/mol. The van der Waals surface area contributed by atoms with E-state index in [-0.39, 0.29) is 12.0 Å². The van der Waals surface area contributed by atoms with Gasteiger partial charge in [0.05, 0.1) is 12.0 Å². The topological polar surface area (TPSA) is 40.5 Å². The van der Waals surface area contributed by atoms with Gasteiger partial charge in [0.1, 0.15) is 0 Å². The highest BCUT2D eigenvalue weighted by atomic mass is 79.9. The van der Waals surface area contributed by atoms with Gasteiger partial charge in [-0.25, -0.2) is 0 Å². The molecule has 2 aromatic carbocycles. The van der Waals surface area contributed by atoms with E-state index in [1.807, 2.05) is 12.1 Å². The molecular weight excluding hydrogens is 390 g/mol. The highest BCUT2D eigenvalue weighted by Gasteiger charge is 2.32. The summed E-state index contributed by atoms with van der Waals surface area (Å²) < 4.78 is 1.07. The maximum atomic E-state index is 11.5. The van der Waals surface area contributed by atoms with Crippen LogP contribution in [0.4, 0.5) is 0 Å². The first kappa shape index (κ1) is 19.1. The van der Waals surface area contributed by atoms with Crippen LogP contribution in [-0.4, -0.2) is 29.1 Å². The van der Waals surface area contributed by atoms with E-state index < -0.39 is 5.97 Å². The SMILES string of the molecule is CC(C)c1ccc(C(c2ccccc2Br)N2CCCC(C(=O)O)C2)cc1. The minimum atomic E-state index is -0.685. The number of carboxylic acid groups (broad SMARTS) is 1. The minimum Gasteiger partial charge on any atom is -0.481 e. The maximum Gasteiger partial charge on any atom is 0.307 e. The first-order valence-corrected chi connectivity index (χ1v) is 10.1. The van der Waals surface area contributed by atoms with Gasteiger partial charge in [0, 0.05) is 11.0 Å². The molecule has 3 rings (SSSR count). The van der Waals surface area contributed by atoms with E-state index in [1.54, 1.807) is 0 Å². The normalized spacial score (nSPS) is 19.5. The van der Waals surface area contributed by atoms with Crippen LogP contribution in [0.3, 0.4) is 0 Å². The molecule has 4 heteroatoms. The summed E-state index contributed by atoms with van der Waals surface area (Å²) in [5, 5.41) is 9.50. The third-order valence-electron chi connectivity index (χ3n) is 5.29. The average molecular weight is 416 g/mol. The molecule has 26 heavy (non-hydrogen) atoms. The average Bonchev–Trinajstić information content (AvgIpc) is 2.64. The van der Waals surface area contributed by atoms with Crippen molar-refractivity contribution in [3.63, 3.8) is 0 Å². The van der Waals surface area contributed by atoms with E-state index >= 15 is 0 Å². The molecule has 0 amide bonds. The minimum absolute atomic E-state index is 0.0638. The molecule has 1 fully saturated rings. The lowest BCUT2D eigenvalue weighted by Crippen LogP contribution is -2.41. The summed E-state index contributed by atoms with van der Waals surface area (Å²) in [4.78, 5) is 13.9. The van der Waals surface area contributed by atoms with Gasteiger partial charge in [0.15, 0.2) is 0 Å². The Labute approximate surface area is 164 Å². The first-order valence-electron chi connectivity index (χ1n) is 9.28. The van der Waals surface area contributed by atoms with Crippen LogP contribution in [0, 0.1) is 5.92 Å². The number of hydrogen-bond donors (Lipinski definition) is 1. The van der Waals surface area contributed by atoms with Crippen molar-refractivity contribution < 1.29 is 9.90 Å². The molecule has 2 aromatic rings. The van der Waals surface area contributed by atoms with Crippen molar-refractivity contribution in [3.8, 4) is 0 Å². The molecule has 3 nitrogen and oxygen atoms in total. The first-order chi connectivity index (χ1) is 12.5. The number of aliphatic carboxylic acids is 1. The van der Waals surface area contributed by atoms with Gasteiger partial charge in [-0.1, -0.05) is 72.2 Å². The molecular formula is C22H26BrNO2. The fourth-order valence-electron chi connectivity index (χ4n) is 3.79. The molecule has 0 spiro atoms. The highest BCUT2D eigenvalue weighted by molar-refractivity contribution is 9.10. The molecule has 2 atom stereocenters. The molecule has 0 radical (unpaired) electrons. The second kappa shape index (κ2) is 8.36. The predicted octanol–water partition coefficient (Wildman–Crippen LogP) is 5.46. The third-order valence-corrected chi connectivity index (χ3v) is 6.01. The van der Waals surface area contributed by atoms with Gasteiger partial charge in [0.2, 0.25) is 0 Å². The Balaban J connectivity index is 1.99. The van der Waals surface area contributed by atoms with Crippen molar-refractivity contribution in [1.82, 2.24) is 4.90 Å². The number of carboxylic acids is 1. The van der Waals surface area contributed by atoms with Crippen LogP contribution in [0.1, 0.15) is 55.3 Å². The molecule has 0 aliphatic carbocycles. The van der Waals surface area contributed by atoms with Crippen molar-refractivity contribution in [2.75, 3.05) is 13.1 Å². The van der Waals surface area contributed by atoms with Gasteiger partial charge in [-0.3, -0.25) is 9.69 Å². The lowest BCUT2D eigenvalue weighted by atomic mass is 9.90. The molecule has 138 valence electrons. The molecule has 0 aromatic heterocycles. The van der Waals surface area contributed by atoms with Gasteiger partial charge < -0.3 is 5.11 Å². The number of carbonyl (C=O) groups is 1. The number of nitrogens with zero attached hydrogens (tertiary/aromatic N) is 1. The second-order valence-corrected chi connectivity index (χ2v) is 8.27. The summed E-state index contributed by atoms with van der Waals surface area (Å²) in [7, 11) is 0. The molecule has 2 unspecified atom stereocenters. The van der Waals surface area contributed by atoms with Gasteiger partial charge in [-0.15, -0.1) is 0 Å². The van der Waals surface area contributed by atoms with Gasteiger partial charge in [-0.2, -0.15) is 0 Å². The predicted molar refractivity (Wildman–Crippen MR) is 108 cm³/mol. The fourth-order valence-corrected chi connectivity index (χ4v) is 4.29. The largest absolute Gasteiger partial charge is 0.481 e. The van der Waals surface area contributed by atoms with Gasteiger partial charge in [0.25, 0.3) is 0 Å². The van der Waals surface area contributed by atoms with Crippen molar-refractivity contribution in [2.45, 2.75) is 38.6 Å². The van der Waals surface area contributed by atoms with Crippen LogP contribution in [0.2, 0.25) is 0 Å². The lowest BCUT2D eigenvalue weighted by molar-refractivity contribution is -0.143. The summed E-state index contributed by atoms with van der Waals surface area (Å²) >= 11 is 3.70. The molecule has 1 aliphatic heterocycles. The summed E-state index contributed by atoms with van der Waals surface area (Å²) in [5.74, 6) is -0.475. The summed E-state index contributed by atoms with van der Waals surface area (Å²) in [5.41, 5.74) is 3.73. The Hall–Kier alpha value is -1.65. The number of rotatable bonds is 5. The molecule has 0 bridgehead atoms. The zero-order valence-electron chi connectivity index (χ0n) is 15.4. The molecule has 1 aliphatic rings. The Morgan fingerprint density at radius 1 is 1.12 bits per heavy atom. The Morgan fingerprint density at radius 2 is 1.77 bits per heavy atom. The van der Waals surface area contributed by atoms with Crippen LogP contribution in [0.5, 0.6) is 0 Å². The van der Waals surface area contributed by atoms with Crippen LogP contribution >= 0.6 is 15.9 Å². The fraction of sp³-hybridized carbons (Fsp3) is 0.409. The van der Waals surface area contributed by atoms with E-state index in [4.69, 9.17) is 0 Å². The molecule has 1 saturated heterocycles. The summed E-state index contributed by atoms with van der Waals surface area (Å²) in [6, 6.07) is 17.1. The van der Waals surface area contributed by atoms with Crippen LogP contribution in [0.25, 0.3) is 0 Å². The van der Waals surface area contributed by atoms with Crippen molar-refractivity contribution >= 4 is 21.9 Å². The summed E-state index contributed by atoms with van der Waals surface area (Å²) in [6.45, 7) is 5.90. The molecule has 0 saturated carbocycles. The van der Waals surface area contributed by atoms with Crippen molar-refractivity contribution in [3.05, 3.63) is 69.7 Å². The van der Waals surface area contributed by atoms with Crippen molar-refractivity contribution in [1.29, 1.82) is 0 Å². The number of halogens is 1. The van der Waals surface area contributed by atoms with E-state index in [9.17, 15) is 9.90 Å². The van der Waals surface area contributed by atoms with Crippen LogP contribution < -0.4 is 0 Å². The highest BCUT2D eigenvalue weighted by Crippen LogP contribution is 2.36. The standard InChI is InChI=1S/C22H26BrNO2/c1-15(2)16-9-11-17(12-10-16)21(19-7-3-4-8-20(19)23)24-13-5-6-18(14-24)22(25)26/h3-4,7-12,15,18,21H,5-6,13-14H2,1-2H3,(H,25,26). The van der Waals surface area contributed by atoms with Gasteiger partial charge >= 0.3 is 5.97 Å². The molecule has 1 heterocycles. The van der Waals surface area contributed by atoms with Crippen LogP contribution in [-0.2, 0) is 4.79 Å². The van der Waals surface area contributed by atoms with Gasteiger partial charge in [-0.05, 0) is 48.1 Å². The molecule has 1 N–H and O–H groups in total. The Bertz CT molecular complexity index is 757. The Morgan fingerprint density at radius 3 is 2.38 bits per heavy atom. The third kappa shape index (κ3) is 4.18. The lowest BCUT2D eigenvalue weighted by Gasteiger charge is -2.38. The number of hydrogen-bond acceptors (Lipinski definition) is 2. The quantitative estimate of drug-likeness (QED) is 0.704. The zero-order valence-corrected chi connectivity index (χ0v) is 16.9. The smallest absolute Gasteiger partial charge is 0.307 e. The maximum absolute atomic E-state index is 11.5. The van der Waals surface area contributed by atoms with E-state index in [1.165, 1.54) is 16.7 Å². The number of likely N-dealkylation sites (tertiary alicyclic amines) is 1. The number of piperidine rings is 1. The zero-order chi connectivity index (χ0) is 18.7. The number of benzene rings is 2. The van der Waals surface area contributed by atoms with E-state index in [0.29, 0.717) is 12.5 Å². The van der Waals surface area contributed by atoms with E-state index in [2.05, 4.69) is 71.1 Å². The summed E-state index contributed by atoms with van der Waals surface area (Å²) in [6.07, 6.45) is 1.68. The van der Waals surface area contributed by atoms with Crippen molar-refractivity contribution in [2.24, 2.45) is 5.92 Å². The van der Waals surface area contributed by atoms with Crippen LogP contribution in [0.15, 0.2) is 53.0 Å². The van der Waals surface area contributed by atoms with E-state index in [0.717, 1.165) is 23.9 Å². The Kier molecular flexibility index (Phi) is 6.15.